The number of aromatic nitrogens is 2. The van der Waals surface area contributed by atoms with Crippen LogP contribution >= 0.6 is 11.3 Å². The van der Waals surface area contributed by atoms with Crippen molar-refractivity contribution in [3.05, 3.63) is 39.1 Å². The van der Waals surface area contributed by atoms with Gasteiger partial charge in [-0.3, -0.25) is 9.48 Å². The number of fused-ring (bicyclic) bond motifs is 1. The zero-order chi connectivity index (χ0) is 17.3. The molecule has 0 saturated carbocycles. The van der Waals surface area contributed by atoms with E-state index in [1.54, 1.807) is 0 Å². The molecule has 0 radical (unpaired) electrons. The number of rotatable bonds is 4. The summed E-state index contributed by atoms with van der Waals surface area (Å²) in [7, 11) is 0. The second-order valence-electron chi connectivity index (χ2n) is 5.22. The second kappa shape index (κ2) is 6.34. The maximum absolute atomic E-state index is 13.0. The molecule has 2 aromatic heterocycles. The zero-order valence-electron chi connectivity index (χ0n) is 12.2. The molecule has 2 aromatic rings. The summed E-state index contributed by atoms with van der Waals surface area (Å²) in [5, 5.41) is 6.82. The third-order valence-corrected chi connectivity index (χ3v) is 4.35. The molecule has 0 bridgehead atoms. The summed E-state index contributed by atoms with van der Waals surface area (Å²) >= 11 is 0.856. The normalized spacial score (nSPS) is 14.3. The van der Waals surface area contributed by atoms with Gasteiger partial charge in [-0.25, -0.2) is 5.43 Å². The SMILES string of the molecule is O=C(Cn1nc(C(F)(F)F)c2c1CCC2)N/N=C\c1ccc(F)s1. The van der Waals surface area contributed by atoms with Crippen LogP contribution in [0.4, 0.5) is 17.6 Å². The van der Waals surface area contributed by atoms with Crippen LogP contribution < -0.4 is 5.43 Å². The molecular weight excluding hydrogens is 348 g/mol. The molecule has 0 fully saturated rings. The predicted octanol–water partition coefficient (Wildman–Crippen LogP) is 2.74. The summed E-state index contributed by atoms with van der Waals surface area (Å²) in [4.78, 5) is 12.3. The van der Waals surface area contributed by atoms with Crippen LogP contribution in [0.5, 0.6) is 0 Å². The first-order chi connectivity index (χ1) is 11.3. The zero-order valence-corrected chi connectivity index (χ0v) is 13.0. The quantitative estimate of drug-likeness (QED) is 0.518. The topological polar surface area (TPSA) is 59.3 Å². The van der Waals surface area contributed by atoms with Crippen molar-refractivity contribution in [2.45, 2.75) is 32.0 Å². The number of thiophene rings is 1. The fraction of sp³-hybridized carbons (Fsp3) is 0.357. The first kappa shape index (κ1) is 16.6. The highest BCUT2D eigenvalue weighted by Crippen LogP contribution is 2.36. The summed E-state index contributed by atoms with van der Waals surface area (Å²) in [5.41, 5.74) is 1.90. The number of hydrogen-bond acceptors (Lipinski definition) is 4. The highest BCUT2D eigenvalue weighted by molar-refractivity contribution is 7.12. The molecule has 0 aliphatic heterocycles. The van der Waals surface area contributed by atoms with Gasteiger partial charge < -0.3 is 0 Å². The number of nitrogens with one attached hydrogen (secondary N) is 1. The Morgan fingerprint density at radius 3 is 2.88 bits per heavy atom. The first-order valence-electron chi connectivity index (χ1n) is 7.07. The van der Waals surface area contributed by atoms with Crippen molar-refractivity contribution in [1.29, 1.82) is 0 Å². The molecule has 1 aliphatic rings. The van der Waals surface area contributed by atoms with Gasteiger partial charge in [-0.2, -0.15) is 27.8 Å². The van der Waals surface area contributed by atoms with Crippen LogP contribution in [-0.4, -0.2) is 21.9 Å². The number of carbonyl (C=O) groups is 1. The Kier molecular flexibility index (Phi) is 4.39. The number of nitrogens with zero attached hydrogens (tertiary/aromatic N) is 3. The van der Waals surface area contributed by atoms with Gasteiger partial charge in [0.15, 0.2) is 10.8 Å². The molecule has 0 spiro atoms. The minimum atomic E-state index is -4.53. The molecule has 1 aliphatic carbocycles. The highest BCUT2D eigenvalue weighted by Gasteiger charge is 2.40. The Hall–Kier alpha value is -2.23. The Labute approximate surface area is 138 Å². The number of halogens is 4. The monoisotopic (exact) mass is 360 g/mol. The van der Waals surface area contributed by atoms with Crippen molar-refractivity contribution >= 4 is 23.5 Å². The third kappa shape index (κ3) is 3.48. The molecule has 3 rings (SSSR count). The fourth-order valence-electron chi connectivity index (χ4n) is 2.60. The summed E-state index contributed by atoms with van der Waals surface area (Å²) in [6, 6.07) is 2.76. The van der Waals surface area contributed by atoms with Gasteiger partial charge in [0.05, 0.1) is 11.1 Å². The lowest BCUT2D eigenvalue weighted by Gasteiger charge is -2.05. The minimum Gasteiger partial charge on any atom is -0.271 e. The van der Waals surface area contributed by atoms with Gasteiger partial charge in [0.1, 0.15) is 6.54 Å². The van der Waals surface area contributed by atoms with Crippen LogP contribution in [0.3, 0.4) is 0 Å². The Balaban J connectivity index is 1.68. The van der Waals surface area contributed by atoms with Crippen molar-refractivity contribution in [2.24, 2.45) is 5.10 Å². The number of carbonyl (C=O) groups excluding carboxylic acids is 1. The molecular formula is C14H12F4N4OS. The molecule has 10 heteroatoms. The average molecular weight is 360 g/mol. The maximum Gasteiger partial charge on any atom is 0.435 e. The number of hydrogen-bond donors (Lipinski definition) is 1. The van der Waals surface area contributed by atoms with Gasteiger partial charge >= 0.3 is 6.18 Å². The van der Waals surface area contributed by atoms with E-state index in [0.29, 0.717) is 29.8 Å². The van der Waals surface area contributed by atoms with Crippen LogP contribution in [0, 0.1) is 5.13 Å². The Morgan fingerprint density at radius 1 is 1.42 bits per heavy atom. The summed E-state index contributed by atoms with van der Waals surface area (Å²) in [6.07, 6.45) is -1.88. The lowest BCUT2D eigenvalue weighted by atomic mass is 10.2. The first-order valence-corrected chi connectivity index (χ1v) is 7.89. The van der Waals surface area contributed by atoms with E-state index in [9.17, 15) is 22.4 Å². The van der Waals surface area contributed by atoms with Gasteiger partial charge in [-0.05, 0) is 31.4 Å². The van der Waals surface area contributed by atoms with Gasteiger partial charge in [0, 0.05) is 11.3 Å². The number of amides is 1. The lowest BCUT2D eigenvalue weighted by molar-refractivity contribution is -0.142. The van der Waals surface area contributed by atoms with Crippen LogP contribution in [-0.2, 0) is 30.4 Å². The predicted molar refractivity (Wildman–Crippen MR) is 79.3 cm³/mol. The minimum absolute atomic E-state index is 0.174. The van der Waals surface area contributed by atoms with E-state index >= 15 is 0 Å². The van der Waals surface area contributed by atoms with Gasteiger partial charge in [0.2, 0.25) is 0 Å². The standard InChI is InChI=1S/C14H12F4N4OS/c15-11-5-4-8(24-11)6-19-20-12(23)7-22-10-3-1-2-9(10)13(21-22)14(16,17)18/h4-6H,1-3,7H2,(H,20,23)/b19-6-. The van der Waals surface area contributed by atoms with Crippen LogP contribution in [0.25, 0.3) is 0 Å². The van der Waals surface area contributed by atoms with E-state index < -0.39 is 17.8 Å². The van der Waals surface area contributed by atoms with Gasteiger partial charge in [-0.15, -0.1) is 11.3 Å². The Morgan fingerprint density at radius 2 is 2.21 bits per heavy atom. The maximum atomic E-state index is 13.0. The lowest BCUT2D eigenvalue weighted by Crippen LogP contribution is -2.25. The van der Waals surface area contributed by atoms with E-state index in [1.807, 2.05) is 0 Å². The van der Waals surface area contributed by atoms with Crippen molar-refractivity contribution in [3.63, 3.8) is 0 Å². The summed E-state index contributed by atoms with van der Waals surface area (Å²) < 4.78 is 52.7. The van der Waals surface area contributed by atoms with Crippen LogP contribution in [0.15, 0.2) is 17.2 Å². The second-order valence-corrected chi connectivity index (χ2v) is 6.28. The largest absolute Gasteiger partial charge is 0.435 e. The van der Waals surface area contributed by atoms with Gasteiger partial charge in [-0.1, -0.05) is 0 Å². The number of alkyl halides is 3. The van der Waals surface area contributed by atoms with E-state index in [1.165, 1.54) is 18.3 Å². The van der Waals surface area contributed by atoms with E-state index in [-0.39, 0.29) is 17.2 Å². The van der Waals surface area contributed by atoms with Crippen molar-refractivity contribution in [3.8, 4) is 0 Å². The van der Waals surface area contributed by atoms with Crippen molar-refractivity contribution in [2.75, 3.05) is 0 Å². The molecule has 5 nitrogen and oxygen atoms in total. The van der Waals surface area contributed by atoms with Crippen molar-refractivity contribution in [1.82, 2.24) is 15.2 Å². The molecule has 0 unspecified atom stereocenters. The molecule has 0 atom stereocenters. The molecule has 0 saturated heterocycles. The third-order valence-electron chi connectivity index (χ3n) is 3.54. The van der Waals surface area contributed by atoms with E-state index in [0.717, 1.165) is 16.0 Å². The average Bonchev–Trinajstić information content (AvgIpc) is 3.16. The molecule has 24 heavy (non-hydrogen) atoms. The smallest absolute Gasteiger partial charge is 0.271 e. The summed E-state index contributed by atoms with van der Waals surface area (Å²) in [6.45, 7) is -0.353. The molecule has 0 aromatic carbocycles. The fourth-order valence-corrected chi connectivity index (χ4v) is 3.21. The molecule has 128 valence electrons. The Bertz CT molecular complexity index is 793. The van der Waals surface area contributed by atoms with Crippen LogP contribution in [0.2, 0.25) is 0 Å². The van der Waals surface area contributed by atoms with E-state index in [2.05, 4.69) is 15.6 Å². The van der Waals surface area contributed by atoms with E-state index in [4.69, 9.17) is 0 Å². The molecule has 1 N–H and O–H groups in total. The molecule has 1 amide bonds. The van der Waals surface area contributed by atoms with Crippen molar-refractivity contribution < 1.29 is 22.4 Å². The summed E-state index contributed by atoms with van der Waals surface area (Å²) in [5.74, 6) is -0.603. The highest BCUT2D eigenvalue weighted by atomic mass is 32.1. The van der Waals surface area contributed by atoms with Gasteiger partial charge in [0.25, 0.3) is 5.91 Å². The van der Waals surface area contributed by atoms with Crippen LogP contribution in [0.1, 0.15) is 28.2 Å². The molecule has 2 heterocycles. The number of hydrazone groups is 1.